The molecule has 0 radical (unpaired) electrons. The van der Waals surface area contributed by atoms with E-state index in [1.807, 2.05) is 6.20 Å². The molecule has 1 unspecified atom stereocenters. The lowest BCUT2D eigenvalue weighted by atomic mass is 9.89. The number of likely N-dealkylation sites (N-methyl/N-ethyl adjacent to an activating group) is 1. The number of nitrogens with zero attached hydrogens (tertiary/aromatic N) is 5. The largest absolute Gasteiger partial charge is 0.760 e. The highest BCUT2D eigenvalue weighted by Crippen LogP contribution is 2.41. The maximum absolute atomic E-state index is 15.5. The topological polar surface area (TPSA) is 139 Å². The monoisotopic (exact) mass is 648 g/mol. The molecule has 4 aromatic rings. The number of anilines is 1. The van der Waals surface area contributed by atoms with Crippen LogP contribution in [0.2, 0.25) is 0 Å². The van der Waals surface area contributed by atoms with Crippen LogP contribution in [-0.4, -0.2) is 78.7 Å². The molecule has 10 nitrogen and oxygen atoms in total. The summed E-state index contributed by atoms with van der Waals surface area (Å²) in [5, 5.41) is 4.67. The molecule has 1 saturated heterocycles. The third-order valence-corrected chi connectivity index (χ3v) is 8.44. The number of nitrogens with two attached hydrogens (primary N) is 2. The van der Waals surface area contributed by atoms with E-state index in [1.165, 1.54) is 42.7 Å². The highest BCUT2D eigenvalue weighted by molar-refractivity contribution is 7.76. The van der Waals surface area contributed by atoms with Crippen molar-refractivity contribution >= 4 is 28.1 Å². The minimum atomic E-state index is -4.89. The van der Waals surface area contributed by atoms with Crippen LogP contribution in [0.3, 0.4) is 0 Å². The average Bonchev–Trinajstić information content (AvgIpc) is 3.38. The number of ether oxygens (including phenoxy) is 1. The molecule has 2 aliphatic rings. The SMILES string of the molecule is CN1CCN(C2CCC(n3cc(-c4ccc(-c5ccccc5OC(F)(F)F)c(F)c4)c4c(N)ncnc43)CC2)CC1.NS(=O)[O-]. The number of aromatic nitrogens is 3. The van der Waals surface area contributed by atoms with Crippen molar-refractivity contribution in [3.05, 3.63) is 60.8 Å². The number of piperazine rings is 1. The second-order valence-corrected chi connectivity index (χ2v) is 11.7. The van der Waals surface area contributed by atoms with E-state index in [2.05, 4.69) is 41.3 Å². The molecule has 2 aromatic heterocycles. The number of nitrogen functional groups attached to an aromatic ring is 1. The van der Waals surface area contributed by atoms with Gasteiger partial charge in [0.25, 0.3) is 0 Å². The van der Waals surface area contributed by atoms with E-state index < -0.39 is 29.2 Å². The number of alkyl halides is 3. The number of hydrogen-bond acceptors (Lipinski definition) is 8. The lowest BCUT2D eigenvalue weighted by Crippen LogP contribution is -2.49. The molecule has 4 N–H and O–H groups in total. The molecule has 1 aliphatic carbocycles. The van der Waals surface area contributed by atoms with Gasteiger partial charge in [0, 0.05) is 72.4 Å². The first-order chi connectivity index (χ1) is 21.4. The van der Waals surface area contributed by atoms with Crippen LogP contribution >= 0.6 is 0 Å². The van der Waals surface area contributed by atoms with Crippen molar-refractivity contribution < 1.29 is 31.1 Å². The summed E-state index contributed by atoms with van der Waals surface area (Å²) in [6.45, 7) is 4.39. The molecule has 0 bridgehead atoms. The van der Waals surface area contributed by atoms with Crippen LogP contribution in [-0.2, 0) is 11.3 Å². The van der Waals surface area contributed by atoms with Gasteiger partial charge < -0.3 is 24.5 Å². The minimum absolute atomic E-state index is 0.00351. The first kappa shape index (κ1) is 32.8. The lowest BCUT2D eigenvalue weighted by molar-refractivity contribution is -0.274. The van der Waals surface area contributed by atoms with Crippen LogP contribution in [0.5, 0.6) is 5.75 Å². The molecule has 0 amide bonds. The van der Waals surface area contributed by atoms with Crippen LogP contribution < -0.4 is 15.6 Å². The van der Waals surface area contributed by atoms with Crippen LogP contribution in [0, 0.1) is 5.82 Å². The Labute approximate surface area is 260 Å². The van der Waals surface area contributed by atoms with Gasteiger partial charge in [0.1, 0.15) is 29.4 Å². The maximum Gasteiger partial charge on any atom is 0.573 e. The standard InChI is InChI=1S/C30H32F4N6O.H3NO2S/c1-38-12-14-39(15-13-38)20-7-9-21(10-8-20)40-17-24(27-28(35)36-18-37-29(27)40)19-6-11-22(25(31)16-19)23-4-2-3-5-26(23)41-30(32,33)34;1-4(2)3/h2-6,11,16-18,20-21H,7-10,12-15H2,1H3,(H2,35,36,37);1H2,(H,2,3)/p-1. The summed E-state index contributed by atoms with van der Waals surface area (Å²) >= 11 is -2.36. The first-order valence-corrected chi connectivity index (χ1v) is 15.6. The van der Waals surface area contributed by atoms with Crippen molar-refractivity contribution in [1.29, 1.82) is 0 Å². The molecule has 2 aromatic carbocycles. The molecule has 3 heterocycles. The molecular weight excluding hydrogens is 614 g/mol. The summed E-state index contributed by atoms with van der Waals surface area (Å²) in [5.74, 6) is -0.846. The van der Waals surface area contributed by atoms with E-state index in [1.54, 1.807) is 6.07 Å². The smallest absolute Gasteiger partial charge is 0.573 e. The van der Waals surface area contributed by atoms with Gasteiger partial charge in [0.2, 0.25) is 0 Å². The van der Waals surface area contributed by atoms with Gasteiger partial charge >= 0.3 is 6.36 Å². The predicted octanol–water partition coefficient (Wildman–Crippen LogP) is 4.86. The Balaban J connectivity index is 0.000000945. The third-order valence-electron chi connectivity index (χ3n) is 8.44. The second kappa shape index (κ2) is 13.8. The zero-order chi connectivity index (χ0) is 32.3. The fraction of sp³-hybridized carbons (Fsp3) is 0.400. The van der Waals surface area contributed by atoms with E-state index in [-0.39, 0.29) is 17.2 Å². The summed E-state index contributed by atoms with van der Waals surface area (Å²) in [4.78, 5) is 13.7. The molecule has 242 valence electrons. The van der Waals surface area contributed by atoms with Gasteiger partial charge in [-0.05, 0) is 50.4 Å². The molecule has 6 rings (SSSR count). The Morgan fingerprint density at radius 3 is 2.24 bits per heavy atom. The van der Waals surface area contributed by atoms with Gasteiger partial charge in [-0.1, -0.05) is 30.3 Å². The third kappa shape index (κ3) is 7.79. The number of hydrogen-bond donors (Lipinski definition) is 2. The predicted molar refractivity (Wildman–Crippen MR) is 163 cm³/mol. The van der Waals surface area contributed by atoms with Crippen LogP contribution in [0.15, 0.2) is 55.0 Å². The molecular formula is C30H34F4N7O3S-. The zero-order valence-corrected chi connectivity index (χ0v) is 25.4. The van der Waals surface area contributed by atoms with Gasteiger partial charge in [-0.25, -0.2) is 14.4 Å². The Hall–Kier alpha value is -3.63. The number of halogens is 4. The van der Waals surface area contributed by atoms with Crippen molar-refractivity contribution in [3.8, 4) is 28.0 Å². The molecule has 1 aliphatic heterocycles. The van der Waals surface area contributed by atoms with Crippen molar-refractivity contribution in [2.24, 2.45) is 5.14 Å². The molecule has 1 saturated carbocycles. The van der Waals surface area contributed by atoms with Gasteiger partial charge in [-0.2, -0.15) is 0 Å². The Bertz CT molecular complexity index is 1650. The molecule has 0 spiro atoms. The summed E-state index contributed by atoms with van der Waals surface area (Å²) in [5.41, 5.74) is 8.25. The van der Waals surface area contributed by atoms with Crippen LogP contribution in [0.25, 0.3) is 33.3 Å². The van der Waals surface area contributed by atoms with Crippen molar-refractivity contribution in [2.75, 3.05) is 39.0 Å². The van der Waals surface area contributed by atoms with Crippen molar-refractivity contribution in [1.82, 2.24) is 24.3 Å². The highest BCUT2D eigenvalue weighted by Gasteiger charge is 2.33. The highest BCUT2D eigenvalue weighted by atomic mass is 32.2. The number of rotatable bonds is 5. The van der Waals surface area contributed by atoms with Crippen LogP contribution in [0.1, 0.15) is 31.7 Å². The fourth-order valence-electron chi connectivity index (χ4n) is 6.30. The first-order valence-electron chi connectivity index (χ1n) is 14.4. The van der Waals surface area contributed by atoms with E-state index in [9.17, 15) is 13.2 Å². The Kier molecular flexibility index (Phi) is 10.0. The summed E-state index contributed by atoms with van der Waals surface area (Å²) in [6.07, 6.45) is 2.68. The quantitative estimate of drug-likeness (QED) is 0.231. The minimum Gasteiger partial charge on any atom is -0.760 e. The van der Waals surface area contributed by atoms with E-state index in [4.69, 9.17) is 14.5 Å². The van der Waals surface area contributed by atoms with Gasteiger partial charge in [-0.3, -0.25) is 14.2 Å². The molecule has 1 atom stereocenters. The second-order valence-electron chi connectivity index (χ2n) is 11.2. The van der Waals surface area contributed by atoms with Gasteiger partial charge in [0.05, 0.1) is 5.39 Å². The van der Waals surface area contributed by atoms with Gasteiger partial charge in [0.15, 0.2) is 0 Å². The van der Waals surface area contributed by atoms with Gasteiger partial charge in [-0.15, -0.1) is 13.2 Å². The summed E-state index contributed by atoms with van der Waals surface area (Å²) in [7, 11) is 2.16. The maximum atomic E-state index is 15.5. The summed E-state index contributed by atoms with van der Waals surface area (Å²) < 4.78 is 78.2. The molecule has 45 heavy (non-hydrogen) atoms. The van der Waals surface area contributed by atoms with E-state index in [0.717, 1.165) is 51.9 Å². The fourth-order valence-corrected chi connectivity index (χ4v) is 6.30. The normalized spacial score (nSPS) is 20.4. The number of fused-ring (bicyclic) bond motifs is 1. The summed E-state index contributed by atoms with van der Waals surface area (Å²) in [6, 6.07) is 10.8. The average molecular weight is 649 g/mol. The van der Waals surface area contributed by atoms with Crippen molar-refractivity contribution in [2.45, 2.75) is 44.1 Å². The number of benzene rings is 2. The van der Waals surface area contributed by atoms with Crippen LogP contribution in [0.4, 0.5) is 23.4 Å². The molecule has 2 fully saturated rings. The Morgan fingerprint density at radius 2 is 1.60 bits per heavy atom. The zero-order valence-electron chi connectivity index (χ0n) is 24.5. The van der Waals surface area contributed by atoms with E-state index >= 15 is 4.39 Å². The lowest BCUT2D eigenvalue weighted by Gasteiger charge is -2.41. The molecule has 15 heteroatoms. The Morgan fingerprint density at radius 1 is 0.956 bits per heavy atom. The van der Waals surface area contributed by atoms with E-state index in [0.29, 0.717) is 34.0 Å². The van der Waals surface area contributed by atoms with Crippen molar-refractivity contribution in [3.63, 3.8) is 0 Å². The number of para-hydroxylation sites is 1.